The van der Waals surface area contributed by atoms with E-state index in [1.54, 1.807) is 47.4 Å². The molecular weight excluding hydrogens is 374 g/mol. The lowest BCUT2D eigenvalue weighted by atomic mass is 10.1. The van der Waals surface area contributed by atoms with Crippen molar-refractivity contribution in [2.24, 2.45) is 0 Å². The molecule has 0 saturated heterocycles. The Balaban J connectivity index is 1.58. The molecule has 0 radical (unpaired) electrons. The Hall–Kier alpha value is -3.70. The van der Waals surface area contributed by atoms with E-state index in [1.165, 1.54) is 12.3 Å². The predicted octanol–water partition coefficient (Wildman–Crippen LogP) is 3.15. The maximum absolute atomic E-state index is 12.8. The maximum Gasteiger partial charge on any atom is 0.264 e. The van der Waals surface area contributed by atoms with E-state index >= 15 is 0 Å². The van der Waals surface area contributed by atoms with Crippen molar-refractivity contribution in [3.63, 3.8) is 0 Å². The fourth-order valence-electron chi connectivity index (χ4n) is 2.93. The number of nitrogens with zero attached hydrogens (tertiary/aromatic N) is 4. The number of hydrogen-bond donors (Lipinski definition) is 1. The number of sulfonamides is 1. The topological polar surface area (TPSA) is 101 Å². The van der Waals surface area contributed by atoms with Gasteiger partial charge in [0.25, 0.3) is 10.0 Å². The summed E-state index contributed by atoms with van der Waals surface area (Å²) in [6.45, 7) is 0.424. The van der Waals surface area contributed by atoms with E-state index in [2.05, 4.69) is 20.9 Å². The summed E-state index contributed by atoms with van der Waals surface area (Å²) in [7, 11) is -3.82. The van der Waals surface area contributed by atoms with Crippen LogP contribution in [-0.2, 0) is 16.6 Å². The first-order chi connectivity index (χ1) is 13.5. The number of rotatable bonds is 5. The van der Waals surface area contributed by atoms with E-state index < -0.39 is 10.0 Å². The van der Waals surface area contributed by atoms with Gasteiger partial charge in [0.1, 0.15) is 4.90 Å². The zero-order chi connectivity index (χ0) is 19.6. The van der Waals surface area contributed by atoms with E-state index in [-0.39, 0.29) is 4.90 Å². The highest BCUT2D eigenvalue weighted by molar-refractivity contribution is 7.93. The molecule has 0 spiro atoms. The highest BCUT2D eigenvalue weighted by atomic mass is 32.2. The summed E-state index contributed by atoms with van der Waals surface area (Å²) in [6, 6.07) is 17.9. The molecule has 0 aliphatic heterocycles. The largest absolute Gasteiger partial charge is 0.276 e. The average molecular weight is 389 g/mol. The third-order valence-corrected chi connectivity index (χ3v) is 5.58. The fourth-order valence-corrected chi connectivity index (χ4v) is 4.14. The molecule has 0 bridgehead atoms. The van der Waals surface area contributed by atoms with Crippen molar-refractivity contribution in [2.75, 3.05) is 4.72 Å². The Labute approximate surface area is 161 Å². The number of fused-ring (bicyclic) bond motifs is 1. The SMILES string of the molecule is N#Cc1cccc(Cn2cc(NS(=O)(=O)c3cccc4cccnc34)cn2)c1. The van der Waals surface area contributed by atoms with Gasteiger partial charge in [-0.25, -0.2) is 8.42 Å². The highest BCUT2D eigenvalue weighted by Gasteiger charge is 2.19. The second kappa shape index (κ2) is 7.13. The van der Waals surface area contributed by atoms with Crippen molar-refractivity contribution in [3.8, 4) is 6.07 Å². The van der Waals surface area contributed by atoms with Gasteiger partial charge in [-0.2, -0.15) is 10.4 Å². The number of para-hydroxylation sites is 1. The van der Waals surface area contributed by atoms with Crippen LogP contribution in [0.3, 0.4) is 0 Å². The Morgan fingerprint density at radius 1 is 1.11 bits per heavy atom. The van der Waals surface area contributed by atoms with Crippen LogP contribution in [0.5, 0.6) is 0 Å². The molecule has 7 nitrogen and oxygen atoms in total. The molecule has 0 aliphatic carbocycles. The molecule has 138 valence electrons. The second-order valence-corrected chi connectivity index (χ2v) is 7.83. The third-order valence-electron chi connectivity index (χ3n) is 4.17. The van der Waals surface area contributed by atoms with E-state index in [4.69, 9.17) is 5.26 Å². The summed E-state index contributed by atoms with van der Waals surface area (Å²) >= 11 is 0. The van der Waals surface area contributed by atoms with Gasteiger partial charge in [-0.3, -0.25) is 14.4 Å². The van der Waals surface area contributed by atoms with Crippen LogP contribution in [0.15, 0.2) is 78.1 Å². The summed E-state index contributed by atoms with van der Waals surface area (Å²) in [6.07, 6.45) is 4.62. The Bertz CT molecular complexity index is 1300. The normalized spacial score (nSPS) is 11.2. The minimum absolute atomic E-state index is 0.111. The molecule has 0 aliphatic rings. The Morgan fingerprint density at radius 2 is 1.93 bits per heavy atom. The van der Waals surface area contributed by atoms with Gasteiger partial charge in [0, 0.05) is 17.8 Å². The molecule has 1 N–H and O–H groups in total. The molecule has 0 saturated carbocycles. The summed E-state index contributed by atoms with van der Waals surface area (Å²) in [4.78, 5) is 4.31. The summed E-state index contributed by atoms with van der Waals surface area (Å²) in [5, 5.41) is 13.9. The van der Waals surface area contributed by atoms with Gasteiger partial charge in [-0.05, 0) is 29.8 Å². The van der Waals surface area contributed by atoms with Crippen molar-refractivity contribution >= 4 is 26.6 Å². The zero-order valence-corrected chi connectivity index (χ0v) is 15.5. The fraction of sp³-hybridized carbons (Fsp3) is 0.0500. The second-order valence-electron chi connectivity index (χ2n) is 6.18. The molecule has 0 atom stereocenters. The number of benzene rings is 2. The summed E-state index contributed by atoms with van der Waals surface area (Å²) in [5.74, 6) is 0. The first-order valence-electron chi connectivity index (χ1n) is 8.43. The lowest BCUT2D eigenvalue weighted by Crippen LogP contribution is -2.13. The van der Waals surface area contributed by atoms with Crippen LogP contribution >= 0.6 is 0 Å². The molecular formula is C20H15N5O2S. The van der Waals surface area contributed by atoms with Crippen LogP contribution in [0.25, 0.3) is 10.9 Å². The molecule has 0 unspecified atom stereocenters. The van der Waals surface area contributed by atoms with Gasteiger partial charge in [0.05, 0.1) is 35.6 Å². The first-order valence-corrected chi connectivity index (χ1v) is 9.91. The van der Waals surface area contributed by atoms with Crippen LogP contribution in [0.4, 0.5) is 5.69 Å². The van der Waals surface area contributed by atoms with E-state index in [0.29, 0.717) is 23.3 Å². The molecule has 8 heteroatoms. The molecule has 2 heterocycles. The van der Waals surface area contributed by atoms with Crippen molar-refractivity contribution in [3.05, 3.63) is 84.3 Å². The molecule has 0 amide bonds. The minimum atomic E-state index is -3.82. The smallest absolute Gasteiger partial charge is 0.264 e. The van der Waals surface area contributed by atoms with Gasteiger partial charge in [0.2, 0.25) is 0 Å². The van der Waals surface area contributed by atoms with Crippen molar-refractivity contribution in [1.82, 2.24) is 14.8 Å². The van der Waals surface area contributed by atoms with Gasteiger partial charge in [0.15, 0.2) is 0 Å². The molecule has 4 aromatic rings. The molecule has 0 fully saturated rings. The maximum atomic E-state index is 12.8. The van der Waals surface area contributed by atoms with Crippen LogP contribution < -0.4 is 4.72 Å². The van der Waals surface area contributed by atoms with Gasteiger partial charge in [-0.15, -0.1) is 0 Å². The lowest BCUT2D eigenvalue weighted by Gasteiger charge is -2.08. The van der Waals surface area contributed by atoms with Crippen LogP contribution in [0.2, 0.25) is 0 Å². The van der Waals surface area contributed by atoms with Crippen LogP contribution in [0, 0.1) is 11.3 Å². The summed E-state index contributed by atoms with van der Waals surface area (Å²) < 4.78 is 29.8. The van der Waals surface area contributed by atoms with Gasteiger partial charge < -0.3 is 0 Å². The van der Waals surface area contributed by atoms with E-state index in [9.17, 15) is 8.42 Å². The minimum Gasteiger partial charge on any atom is -0.276 e. The van der Waals surface area contributed by atoms with Crippen LogP contribution in [-0.4, -0.2) is 23.2 Å². The third kappa shape index (κ3) is 3.56. The van der Waals surface area contributed by atoms with E-state index in [0.717, 1.165) is 10.9 Å². The van der Waals surface area contributed by atoms with Crippen molar-refractivity contribution in [1.29, 1.82) is 5.26 Å². The van der Waals surface area contributed by atoms with Crippen LogP contribution in [0.1, 0.15) is 11.1 Å². The number of nitrogens with one attached hydrogen (secondary N) is 1. The number of hydrogen-bond acceptors (Lipinski definition) is 5. The number of pyridine rings is 1. The quantitative estimate of drug-likeness (QED) is 0.565. The zero-order valence-electron chi connectivity index (χ0n) is 14.6. The molecule has 2 aromatic carbocycles. The average Bonchev–Trinajstić information content (AvgIpc) is 3.13. The predicted molar refractivity (Wildman–Crippen MR) is 105 cm³/mol. The monoisotopic (exact) mass is 389 g/mol. The Morgan fingerprint density at radius 3 is 2.79 bits per heavy atom. The van der Waals surface area contributed by atoms with Crippen molar-refractivity contribution < 1.29 is 8.42 Å². The van der Waals surface area contributed by atoms with Gasteiger partial charge >= 0.3 is 0 Å². The number of anilines is 1. The summed E-state index contributed by atoms with van der Waals surface area (Å²) in [5.41, 5.74) is 2.23. The standard InChI is InChI=1S/C20H15N5O2S/c21-11-15-4-1-5-16(10-15)13-25-14-18(12-23-25)24-28(26,27)19-8-2-6-17-7-3-9-22-20(17)19/h1-10,12,14,24H,13H2. The highest BCUT2D eigenvalue weighted by Crippen LogP contribution is 2.23. The molecule has 2 aromatic heterocycles. The first kappa shape index (κ1) is 17.7. The Kier molecular flexibility index (Phi) is 4.51. The number of aromatic nitrogens is 3. The van der Waals surface area contributed by atoms with Crippen molar-refractivity contribution in [2.45, 2.75) is 11.4 Å². The number of nitriles is 1. The van der Waals surface area contributed by atoms with E-state index in [1.807, 2.05) is 18.2 Å². The lowest BCUT2D eigenvalue weighted by molar-refractivity contribution is 0.602. The molecule has 28 heavy (non-hydrogen) atoms. The van der Waals surface area contributed by atoms with Gasteiger partial charge in [-0.1, -0.05) is 30.3 Å². The molecule has 4 rings (SSSR count).